The molecule has 0 aromatic heterocycles. The molecule has 0 radical (unpaired) electrons. The van der Waals surface area contributed by atoms with Gasteiger partial charge in [-0.2, -0.15) is 0 Å². The summed E-state index contributed by atoms with van der Waals surface area (Å²) >= 11 is 0. The molecule has 1 N–H and O–H groups in total. The van der Waals surface area contributed by atoms with Crippen LogP contribution in [0.25, 0.3) is 0 Å². The number of benzene rings is 1. The minimum Gasteiger partial charge on any atom is -0.465 e. The van der Waals surface area contributed by atoms with Gasteiger partial charge in [0.2, 0.25) is 0 Å². The Morgan fingerprint density at radius 1 is 1.04 bits per heavy atom. The van der Waals surface area contributed by atoms with Crippen LogP contribution in [0.5, 0.6) is 0 Å². The van der Waals surface area contributed by atoms with Crippen LogP contribution in [0.3, 0.4) is 0 Å². The lowest BCUT2D eigenvalue weighted by Gasteiger charge is -2.35. The predicted molar refractivity (Wildman–Crippen MR) is 108 cm³/mol. The molecule has 1 aromatic carbocycles. The Balaban J connectivity index is 1.72. The van der Waals surface area contributed by atoms with Crippen LogP contribution in [-0.4, -0.2) is 66.8 Å². The summed E-state index contributed by atoms with van der Waals surface area (Å²) in [6, 6.07) is 8.37. The third-order valence-electron chi connectivity index (χ3n) is 4.36. The smallest absolute Gasteiger partial charge is 0.410 e. The monoisotopic (exact) mass is 391 g/mol. The summed E-state index contributed by atoms with van der Waals surface area (Å²) < 4.78 is 10.3. The molecule has 1 fully saturated rings. The van der Waals surface area contributed by atoms with Crippen molar-refractivity contribution in [2.75, 3.05) is 39.3 Å². The maximum Gasteiger partial charge on any atom is 0.410 e. The van der Waals surface area contributed by atoms with Gasteiger partial charge in [-0.3, -0.25) is 9.69 Å². The summed E-state index contributed by atoms with van der Waals surface area (Å²) in [6.07, 6.45) is -0.230. The fourth-order valence-corrected chi connectivity index (χ4v) is 2.96. The number of ether oxygens (including phenoxy) is 2. The molecule has 1 aromatic rings. The van der Waals surface area contributed by atoms with E-state index < -0.39 is 5.60 Å². The van der Waals surface area contributed by atoms with Gasteiger partial charge in [0.25, 0.3) is 0 Å². The van der Waals surface area contributed by atoms with Crippen LogP contribution in [-0.2, 0) is 27.4 Å². The van der Waals surface area contributed by atoms with Gasteiger partial charge in [0.1, 0.15) is 5.60 Å². The standard InChI is InChI=1S/C21H33N3O4/c1-5-27-19(25)15-22-14-17-6-8-18(9-7-17)16-23-10-12-24(13-11-23)20(26)28-21(2,3)4/h6-9,22H,5,10-16H2,1-4H3. The van der Waals surface area contributed by atoms with Gasteiger partial charge in [-0.25, -0.2) is 4.79 Å². The molecule has 0 unspecified atom stereocenters. The zero-order chi connectivity index (χ0) is 20.6. The van der Waals surface area contributed by atoms with E-state index in [4.69, 9.17) is 9.47 Å². The van der Waals surface area contributed by atoms with Gasteiger partial charge in [-0.1, -0.05) is 24.3 Å². The molecular formula is C21H33N3O4. The highest BCUT2D eigenvalue weighted by molar-refractivity contribution is 5.71. The molecule has 1 aliphatic heterocycles. The summed E-state index contributed by atoms with van der Waals surface area (Å²) in [5, 5.41) is 3.08. The van der Waals surface area contributed by atoms with E-state index in [1.807, 2.05) is 20.8 Å². The Bertz CT molecular complexity index is 632. The Morgan fingerprint density at radius 3 is 2.21 bits per heavy atom. The van der Waals surface area contributed by atoms with Gasteiger partial charge in [0.15, 0.2) is 0 Å². The van der Waals surface area contributed by atoms with E-state index in [0.29, 0.717) is 26.2 Å². The Labute approximate surface area is 168 Å². The van der Waals surface area contributed by atoms with Crippen molar-refractivity contribution >= 4 is 12.1 Å². The lowest BCUT2D eigenvalue weighted by atomic mass is 10.1. The highest BCUT2D eigenvalue weighted by Crippen LogP contribution is 2.14. The molecule has 28 heavy (non-hydrogen) atoms. The van der Waals surface area contributed by atoms with E-state index >= 15 is 0 Å². The van der Waals surface area contributed by atoms with Gasteiger partial charge < -0.3 is 19.7 Å². The van der Waals surface area contributed by atoms with Gasteiger partial charge in [0.05, 0.1) is 13.2 Å². The van der Waals surface area contributed by atoms with Crippen molar-refractivity contribution < 1.29 is 19.1 Å². The molecule has 0 atom stereocenters. The quantitative estimate of drug-likeness (QED) is 0.720. The first-order valence-corrected chi connectivity index (χ1v) is 9.91. The first kappa shape index (κ1) is 22.2. The van der Waals surface area contributed by atoms with Crippen molar-refractivity contribution in [1.29, 1.82) is 0 Å². The van der Waals surface area contributed by atoms with E-state index in [2.05, 4.69) is 34.5 Å². The fraction of sp³-hybridized carbons (Fsp3) is 0.619. The van der Waals surface area contributed by atoms with Crippen LogP contribution in [0.1, 0.15) is 38.8 Å². The number of amides is 1. The molecule has 7 nitrogen and oxygen atoms in total. The molecule has 1 amide bonds. The lowest BCUT2D eigenvalue weighted by Crippen LogP contribution is -2.49. The van der Waals surface area contributed by atoms with Gasteiger partial charge in [-0.15, -0.1) is 0 Å². The maximum absolute atomic E-state index is 12.1. The van der Waals surface area contributed by atoms with Gasteiger partial charge in [-0.05, 0) is 38.8 Å². The van der Waals surface area contributed by atoms with Crippen molar-refractivity contribution in [2.24, 2.45) is 0 Å². The second kappa shape index (κ2) is 10.4. The predicted octanol–water partition coefficient (Wildman–Crippen LogP) is 2.39. The molecule has 2 rings (SSSR count). The Morgan fingerprint density at radius 2 is 1.64 bits per heavy atom. The Hall–Kier alpha value is -2.12. The number of nitrogens with zero attached hydrogens (tertiary/aromatic N) is 2. The molecule has 1 aliphatic rings. The molecule has 7 heteroatoms. The van der Waals surface area contributed by atoms with Crippen molar-refractivity contribution in [2.45, 2.75) is 46.4 Å². The second-order valence-electron chi connectivity index (χ2n) is 7.97. The van der Waals surface area contributed by atoms with Crippen LogP contribution in [0.4, 0.5) is 4.79 Å². The second-order valence-corrected chi connectivity index (χ2v) is 7.97. The fourth-order valence-electron chi connectivity index (χ4n) is 2.96. The first-order chi connectivity index (χ1) is 13.3. The largest absolute Gasteiger partial charge is 0.465 e. The summed E-state index contributed by atoms with van der Waals surface area (Å²) in [5.41, 5.74) is 1.91. The Kier molecular flexibility index (Phi) is 8.26. The van der Waals surface area contributed by atoms with Crippen LogP contribution in [0.15, 0.2) is 24.3 Å². The van der Waals surface area contributed by atoms with E-state index in [1.54, 1.807) is 11.8 Å². The highest BCUT2D eigenvalue weighted by Gasteiger charge is 2.25. The SMILES string of the molecule is CCOC(=O)CNCc1ccc(CN2CCN(C(=O)OC(C)(C)C)CC2)cc1. The molecule has 1 saturated heterocycles. The third kappa shape index (κ3) is 7.86. The minimum absolute atomic E-state index is 0.220. The summed E-state index contributed by atoms with van der Waals surface area (Å²) in [5.74, 6) is -0.232. The van der Waals surface area contributed by atoms with Crippen LogP contribution in [0.2, 0.25) is 0 Å². The van der Waals surface area contributed by atoms with E-state index in [-0.39, 0.29) is 18.6 Å². The minimum atomic E-state index is -0.457. The molecule has 1 heterocycles. The van der Waals surface area contributed by atoms with Crippen molar-refractivity contribution in [1.82, 2.24) is 15.1 Å². The number of carbonyl (C=O) groups excluding carboxylic acids is 2. The van der Waals surface area contributed by atoms with Crippen LogP contribution in [0, 0.1) is 0 Å². The van der Waals surface area contributed by atoms with Crippen molar-refractivity contribution in [3.63, 3.8) is 0 Å². The molecule has 0 spiro atoms. The summed E-state index contributed by atoms with van der Waals surface area (Å²) in [4.78, 5) is 27.6. The molecule has 156 valence electrons. The molecular weight excluding hydrogens is 358 g/mol. The average Bonchev–Trinajstić information content (AvgIpc) is 2.62. The number of hydrogen-bond donors (Lipinski definition) is 1. The first-order valence-electron chi connectivity index (χ1n) is 9.91. The summed E-state index contributed by atoms with van der Waals surface area (Å²) in [7, 11) is 0. The number of piperazine rings is 1. The molecule has 0 saturated carbocycles. The summed E-state index contributed by atoms with van der Waals surface area (Å²) in [6.45, 7) is 12.6. The van der Waals surface area contributed by atoms with Gasteiger partial charge >= 0.3 is 12.1 Å². The number of esters is 1. The normalized spacial score (nSPS) is 15.4. The lowest BCUT2D eigenvalue weighted by molar-refractivity contribution is -0.142. The number of carbonyl (C=O) groups is 2. The van der Waals surface area contributed by atoms with Crippen LogP contribution >= 0.6 is 0 Å². The van der Waals surface area contributed by atoms with E-state index in [9.17, 15) is 9.59 Å². The van der Waals surface area contributed by atoms with Crippen molar-refractivity contribution in [3.8, 4) is 0 Å². The molecule has 0 bridgehead atoms. The highest BCUT2D eigenvalue weighted by atomic mass is 16.6. The third-order valence-corrected chi connectivity index (χ3v) is 4.36. The number of rotatable bonds is 7. The van der Waals surface area contributed by atoms with E-state index in [1.165, 1.54) is 5.56 Å². The number of hydrogen-bond acceptors (Lipinski definition) is 6. The molecule has 0 aliphatic carbocycles. The number of nitrogens with one attached hydrogen (secondary N) is 1. The zero-order valence-electron chi connectivity index (χ0n) is 17.5. The van der Waals surface area contributed by atoms with Crippen molar-refractivity contribution in [3.05, 3.63) is 35.4 Å². The topological polar surface area (TPSA) is 71.1 Å². The maximum atomic E-state index is 12.1. The average molecular weight is 392 g/mol. The van der Waals surface area contributed by atoms with Crippen LogP contribution < -0.4 is 5.32 Å². The van der Waals surface area contributed by atoms with Gasteiger partial charge in [0, 0.05) is 39.3 Å². The van der Waals surface area contributed by atoms with E-state index in [0.717, 1.165) is 25.2 Å². The zero-order valence-corrected chi connectivity index (χ0v) is 17.5.